The molecule has 142 valence electrons. The smallest absolute Gasteiger partial charge is 0.151 e. The molecule has 1 fully saturated rings. The lowest BCUT2D eigenvalue weighted by Gasteiger charge is -2.15. The zero-order valence-electron chi connectivity index (χ0n) is 15.1. The van der Waals surface area contributed by atoms with E-state index < -0.39 is 12.0 Å². The van der Waals surface area contributed by atoms with Gasteiger partial charge in [0.25, 0.3) is 0 Å². The van der Waals surface area contributed by atoms with Crippen molar-refractivity contribution in [3.05, 3.63) is 42.5 Å². The number of aromatic nitrogens is 3. The predicted octanol–water partition coefficient (Wildman–Crippen LogP) is 3.04. The first-order valence-corrected chi connectivity index (χ1v) is 8.93. The third kappa shape index (κ3) is 3.57. The summed E-state index contributed by atoms with van der Waals surface area (Å²) in [7, 11) is 0. The first kappa shape index (κ1) is 17.7. The standard InChI is InChI=1S/C19H21F2N5O/c1-11(2)27-12-5-6-26-16(10-23-18(26)7-12)19-13(20)3-4-17(25-19)24-15-9-22-8-14(15)21/h3-7,10-11,14-15,22H,8-9H2,1-2H3,(H,24,25)/t14-,15-/m1/s1. The van der Waals surface area contributed by atoms with E-state index in [4.69, 9.17) is 4.74 Å². The van der Waals surface area contributed by atoms with Crippen LogP contribution < -0.4 is 15.4 Å². The van der Waals surface area contributed by atoms with Crippen LogP contribution in [-0.2, 0) is 0 Å². The molecule has 0 aliphatic carbocycles. The van der Waals surface area contributed by atoms with Crippen LogP contribution in [0.2, 0.25) is 0 Å². The quantitative estimate of drug-likeness (QED) is 0.720. The predicted molar refractivity (Wildman–Crippen MR) is 99.3 cm³/mol. The van der Waals surface area contributed by atoms with Crippen LogP contribution in [0.4, 0.5) is 14.6 Å². The number of imidazole rings is 1. The highest BCUT2D eigenvalue weighted by molar-refractivity contribution is 5.63. The third-order valence-electron chi connectivity index (χ3n) is 4.42. The Morgan fingerprint density at radius 3 is 2.89 bits per heavy atom. The minimum absolute atomic E-state index is 0.0492. The lowest BCUT2D eigenvalue weighted by molar-refractivity contribution is 0.242. The number of hydrogen-bond acceptors (Lipinski definition) is 5. The molecule has 3 aromatic rings. The van der Waals surface area contributed by atoms with E-state index in [0.29, 0.717) is 36.0 Å². The number of anilines is 1. The highest BCUT2D eigenvalue weighted by Gasteiger charge is 2.27. The molecule has 27 heavy (non-hydrogen) atoms. The summed E-state index contributed by atoms with van der Waals surface area (Å²) >= 11 is 0. The van der Waals surface area contributed by atoms with Crippen molar-refractivity contribution in [1.29, 1.82) is 0 Å². The number of rotatable bonds is 5. The average molecular weight is 373 g/mol. The summed E-state index contributed by atoms with van der Waals surface area (Å²) in [6, 6.07) is 6.06. The Morgan fingerprint density at radius 2 is 2.15 bits per heavy atom. The van der Waals surface area contributed by atoms with Gasteiger partial charge in [-0.3, -0.25) is 4.40 Å². The van der Waals surface area contributed by atoms with Gasteiger partial charge in [0.1, 0.15) is 29.1 Å². The van der Waals surface area contributed by atoms with E-state index >= 15 is 0 Å². The summed E-state index contributed by atoms with van der Waals surface area (Å²) < 4.78 is 35.7. The van der Waals surface area contributed by atoms with Crippen LogP contribution in [0.15, 0.2) is 36.7 Å². The number of ether oxygens (including phenoxy) is 1. The van der Waals surface area contributed by atoms with Crippen LogP contribution in [0.25, 0.3) is 17.0 Å². The summed E-state index contributed by atoms with van der Waals surface area (Å²) in [4.78, 5) is 8.70. The molecule has 0 saturated carbocycles. The molecule has 2 atom stereocenters. The monoisotopic (exact) mass is 373 g/mol. The SMILES string of the molecule is CC(C)Oc1ccn2c(-c3nc(N[C@@H]4CNC[C@H]4F)ccc3F)cnc2c1. The molecule has 0 amide bonds. The van der Waals surface area contributed by atoms with Gasteiger partial charge in [-0.05, 0) is 32.0 Å². The molecule has 8 heteroatoms. The van der Waals surface area contributed by atoms with Crippen molar-refractivity contribution in [2.75, 3.05) is 18.4 Å². The molecule has 0 bridgehead atoms. The molecule has 1 saturated heterocycles. The molecular formula is C19H21F2N5O. The normalized spacial score (nSPS) is 19.7. The molecule has 4 heterocycles. The van der Waals surface area contributed by atoms with E-state index in [0.717, 1.165) is 0 Å². The lowest BCUT2D eigenvalue weighted by Crippen LogP contribution is -2.29. The van der Waals surface area contributed by atoms with Gasteiger partial charge in [-0.1, -0.05) is 0 Å². The van der Waals surface area contributed by atoms with Gasteiger partial charge in [0.05, 0.1) is 24.0 Å². The summed E-state index contributed by atoms with van der Waals surface area (Å²) in [6.45, 7) is 4.70. The van der Waals surface area contributed by atoms with E-state index in [-0.39, 0.29) is 17.8 Å². The van der Waals surface area contributed by atoms with Gasteiger partial charge in [-0.25, -0.2) is 18.7 Å². The summed E-state index contributed by atoms with van der Waals surface area (Å²) in [5, 5.41) is 6.01. The number of fused-ring (bicyclic) bond motifs is 1. The van der Waals surface area contributed by atoms with Gasteiger partial charge in [0.15, 0.2) is 5.82 Å². The van der Waals surface area contributed by atoms with Gasteiger partial charge in [0.2, 0.25) is 0 Å². The highest BCUT2D eigenvalue weighted by atomic mass is 19.1. The van der Waals surface area contributed by atoms with E-state index in [1.807, 2.05) is 13.8 Å². The Labute approximate surface area is 155 Å². The molecule has 6 nitrogen and oxygen atoms in total. The minimum Gasteiger partial charge on any atom is -0.491 e. The second kappa shape index (κ2) is 7.11. The number of nitrogens with zero attached hydrogens (tertiary/aromatic N) is 3. The maximum absolute atomic E-state index is 14.5. The summed E-state index contributed by atoms with van der Waals surface area (Å²) in [6.07, 6.45) is 2.39. The van der Waals surface area contributed by atoms with Crippen molar-refractivity contribution in [2.24, 2.45) is 0 Å². The Balaban J connectivity index is 1.67. The fraction of sp³-hybridized carbons (Fsp3) is 0.368. The molecule has 2 N–H and O–H groups in total. The van der Waals surface area contributed by atoms with E-state index in [2.05, 4.69) is 20.6 Å². The topological polar surface area (TPSA) is 63.5 Å². The number of alkyl halides is 1. The lowest BCUT2D eigenvalue weighted by atomic mass is 10.2. The summed E-state index contributed by atoms with van der Waals surface area (Å²) in [5.74, 6) is 0.657. The summed E-state index contributed by atoms with van der Waals surface area (Å²) in [5.41, 5.74) is 1.31. The zero-order chi connectivity index (χ0) is 19.0. The van der Waals surface area contributed by atoms with Crippen molar-refractivity contribution in [3.8, 4) is 17.1 Å². The molecule has 3 aromatic heterocycles. The van der Waals surface area contributed by atoms with Crippen LogP contribution in [0.5, 0.6) is 5.75 Å². The van der Waals surface area contributed by atoms with Crippen LogP contribution in [0, 0.1) is 5.82 Å². The van der Waals surface area contributed by atoms with Crippen molar-refractivity contribution in [3.63, 3.8) is 0 Å². The van der Waals surface area contributed by atoms with Crippen molar-refractivity contribution in [1.82, 2.24) is 19.7 Å². The Hall–Kier alpha value is -2.74. The molecule has 1 aliphatic rings. The second-order valence-electron chi connectivity index (χ2n) is 6.85. The maximum atomic E-state index is 14.5. The molecule has 4 rings (SSSR count). The number of nitrogens with one attached hydrogen (secondary N) is 2. The highest BCUT2D eigenvalue weighted by Crippen LogP contribution is 2.26. The van der Waals surface area contributed by atoms with Gasteiger partial charge < -0.3 is 15.4 Å². The Bertz CT molecular complexity index is 958. The van der Waals surface area contributed by atoms with Crippen LogP contribution in [0.3, 0.4) is 0 Å². The maximum Gasteiger partial charge on any atom is 0.151 e. The van der Waals surface area contributed by atoms with Crippen molar-refractivity contribution < 1.29 is 13.5 Å². The zero-order valence-corrected chi connectivity index (χ0v) is 15.1. The van der Waals surface area contributed by atoms with E-state index in [1.54, 1.807) is 28.9 Å². The molecule has 1 aliphatic heterocycles. The molecule has 0 radical (unpaired) electrons. The van der Waals surface area contributed by atoms with Crippen molar-refractivity contribution >= 4 is 11.5 Å². The Morgan fingerprint density at radius 1 is 1.30 bits per heavy atom. The van der Waals surface area contributed by atoms with Gasteiger partial charge in [-0.2, -0.15) is 0 Å². The molecule has 0 spiro atoms. The van der Waals surface area contributed by atoms with Crippen molar-refractivity contribution in [2.45, 2.75) is 32.2 Å². The minimum atomic E-state index is -1.00. The largest absolute Gasteiger partial charge is 0.491 e. The average Bonchev–Trinajstić information content (AvgIpc) is 3.22. The fourth-order valence-electron chi connectivity index (χ4n) is 3.16. The second-order valence-corrected chi connectivity index (χ2v) is 6.85. The molecule has 0 unspecified atom stereocenters. The fourth-order valence-corrected chi connectivity index (χ4v) is 3.16. The Kier molecular flexibility index (Phi) is 4.65. The van der Waals surface area contributed by atoms with E-state index in [9.17, 15) is 8.78 Å². The van der Waals surface area contributed by atoms with Crippen LogP contribution in [-0.4, -0.2) is 45.8 Å². The first-order chi connectivity index (χ1) is 13.0. The van der Waals surface area contributed by atoms with Crippen LogP contribution in [0.1, 0.15) is 13.8 Å². The van der Waals surface area contributed by atoms with Gasteiger partial charge >= 0.3 is 0 Å². The third-order valence-corrected chi connectivity index (χ3v) is 4.42. The first-order valence-electron chi connectivity index (χ1n) is 8.93. The molecular weight excluding hydrogens is 352 g/mol. The van der Waals surface area contributed by atoms with Crippen LogP contribution >= 0.6 is 0 Å². The number of halogens is 2. The van der Waals surface area contributed by atoms with E-state index in [1.165, 1.54) is 12.1 Å². The molecule has 0 aromatic carbocycles. The number of hydrogen-bond donors (Lipinski definition) is 2. The van der Waals surface area contributed by atoms with Gasteiger partial charge in [0, 0.05) is 25.4 Å². The van der Waals surface area contributed by atoms with Gasteiger partial charge in [-0.15, -0.1) is 0 Å². The number of pyridine rings is 2.